The Kier molecular flexibility index (Phi) is 4.78. The third-order valence-corrected chi connectivity index (χ3v) is 6.07. The molecule has 1 aromatic carbocycles. The molecule has 1 fully saturated rings. The van der Waals surface area contributed by atoms with Crippen LogP contribution in [0.25, 0.3) is 11.0 Å². The minimum Gasteiger partial charge on any atom is -0.342 e. The Hall–Kier alpha value is -1.67. The molecule has 0 spiro atoms. The molecule has 2 aromatic rings. The van der Waals surface area contributed by atoms with E-state index in [9.17, 15) is 12.8 Å². The summed E-state index contributed by atoms with van der Waals surface area (Å²) >= 11 is 0. The fraction of sp³-hybridized carbons (Fsp3) is 0.562. The van der Waals surface area contributed by atoms with Gasteiger partial charge in [-0.2, -0.15) is 0 Å². The van der Waals surface area contributed by atoms with E-state index in [-0.39, 0.29) is 17.6 Å². The number of para-hydroxylation sites is 1. The van der Waals surface area contributed by atoms with Crippen LogP contribution in [0, 0.1) is 5.82 Å². The molecular formula is C16H23FN4O2S. The number of nitrogens with one attached hydrogen (secondary N) is 1. The summed E-state index contributed by atoms with van der Waals surface area (Å²) in [6.45, 7) is 3.24. The van der Waals surface area contributed by atoms with Crippen molar-refractivity contribution in [3.63, 3.8) is 0 Å². The van der Waals surface area contributed by atoms with Crippen molar-refractivity contribution in [1.29, 1.82) is 0 Å². The first-order chi connectivity index (χ1) is 11.4. The monoisotopic (exact) mass is 354 g/mol. The Morgan fingerprint density at radius 3 is 2.67 bits per heavy atom. The van der Waals surface area contributed by atoms with E-state index in [1.807, 2.05) is 24.6 Å². The topological polar surface area (TPSA) is 67.2 Å². The molecule has 0 saturated carbocycles. The molecule has 0 atom stereocenters. The van der Waals surface area contributed by atoms with Crippen LogP contribution >= 0.6 is 0 Å². The summed E-state index contributed by atoms with van der Waals surface area (Å²) in [5, 5.41) is 0. The van der Waals surface area contributed by atoms with Crippen molar-refractivity contribution in [2.75, 3.05) is 23.7 Å². The first-order valence-corrected chi connectivity index (χ1v) is 9.92. The summed E-state index contributed by atoms with van der Waals surface area (Å²) in [7, 11) is -1.31. The highest BCUT2D eigenvalue weighted by atomic mass is 32.2. The maximum absolute atomic E-state index is 13.9. The van der Waals surface area contributed by atoms with Crippen molar-refractivity contribution in [3.05, 3.63) is 24.0 Å². The first kappa shape index (κ1) is 17.2. The average Bonchev–Trinajstić information content (AvgIpc) is 2.86. The average molecular weight is 354 g/mol. The fourth-order valence-electron chi connectivity index (χ4n) is 3.23. The molecule has 0 unspecified atom stereocenters. The van der Waals surface area contributed by atoms with E-state index in [1.54, 1.807) is 6.07 Å². The lowest BCUT2D eigenvalue weighted by Crippen LogP contribution is -2.45. The summed E-state index contributed by atoms with van der Waals surface area (Å²) in [6.07, 6.45) is 2.04. The molecule has 0 aliphatic carbocycles. The third kappa shape index (κ3) is 3.39. The second-order valence-corrected chi connectivity index (χ2v) is 8.15. The smallest absolute Gasteiger partial charge is 0.211 e. The van der Waals surface area contributed by atoms with Crippen molar-refractivity contribution in [2.24, 2.45) is 7.05 Å². The van der Waals surface area contributed by atoms with Crippen LogP contribution in [0.15, 0.2) is 18.2 Å². The van der Waals surface area contributed by atoms with Gasteiger partial charge >= 0.3 is 0 Å². The molecule has 0 radical (unpaired) electrons. The Morgan fingerprint density at radius 1 is 1.33 bits per heavy atom. The lowest BCUT2D eigenvalue weighted by atomic mass is 10.1. The number of aryl methyl sites for hydroxylation is 1. The number of sulfonamides is 1. The van der Waals surface area contributed by atoms with Crippen LogP contribution in [-0.4, -0.2) is 42.9 Å². The lowest BCUT2D eigenvalue weighted by molar-refractivity contribution is 0.454. The van der Waals surface area contributed by atoms with E-state index in [0.717, 1.165) is 11.5 Å². The molecule has 1 aliphatic heterocycles. The van der Waals surface area contributed by atoms with Gasteiger partial charge in [-0.1, -0.05) is 13.0 Å². The van der Waals surface area contributed by atoms with Crippen molar-refractivity contribution in [3.8, 4) is 0 Å². The van der Waals surface area contributed by atoms with Gasteiger partial charge in [-0.05, 0) is 31.4 Å². The maximum atomic E-state index is 13.9. The lowest BCUT2D eigenvalue weighted by Gasteiger charge is -2.32. The van der Waals surface area contributed by atoms with Crippen LogP contribution in [-0.2, 0) is 17.1 Å². The van der Waals surface area contributed by atoms with E-state index in [1.165, 1.54) is 6.07 Å². The number of aromatic nitrogens is 2. The van der Waals surface area contributed by atoms with E-state index >= 15 is 0 Å². The van der Waals surface area contributed by atoms with Crippen LogP contribution in [0.1, 0.15) is 26.2 Å². The molecule has 132 valence electrons. The second-order valence-electron chi connectivity index (χ2n) is 6.28. The minimum absolute atomic E-state index is 0.0378. The Labute approximate surface area is 141 Å². The van der Waals surface area contributed by atoms with Crippen LogP contribution in [0.3, 0.4) is 0 Å². The summed E-state index contributed by atoms with van der Waals surface area (Å²) in [6, 6.07) is 4.90. The second kappa shape index (κ2) is 6.68. The van der Waals surface area contributed by atoms with Gasteiger partial charge in [0.1, 0.15) is 5.52 Å². The summed E-state index contributed by atoms with van der Waals surface area (Å²) in [4.78, 5) is 6.53. The van der Waals surface area contributed by atoms with Crippen LogP contribution in [0.2, 0.25) is 0 Å². The number of hydrogen-bond acceptors (Lipinski definition) is 4. The zero-order chi connectivity index (χ0) is 17.3. The Bertz CT molecular complexity index is 826. The Morgan fingerprint density at radius 2 is 2.04 bits per heavy atom. The predicted molar refractivity (Wildman–Crippen MR) is 93.1 cm³/mol. The molecule has 0 amide bonds. The number of fused-ring (bicyclic) bond motifs is 1. The van der Waals surface area contributed by atoms with Gasteiger partial charge in [-0.15, -0.1) is 0 Å². The molecule has 3 rings (SSSR count). The van der Waals surface area contributed by atoms with Gasteiger partial charge in [0, 0.05) is 26.2 Å². The number of imidazole rings is 1. The number of benzene rings is 1. The quantitative estimate of drug-likeness (QED) is 0.892. The third-order valence-electron chi connectivity index (χ3n) is 4.44. The van der Waals surface area contributed by atoms with Gasteiger partial charge in [-0.25, -0.2) is 22.5 Å². The Balaban J connectivity index is 1.71. The molecule has 24 heavy (non-hydrogen) atoms. The molecule has 1 saturated heterocycles. The highest BCUT2D eigenvalue weighted by Crippen LogP contribution is 2.25. The molecular weight excluding hydrogens is 331 g/mol. The predicted octanol–water partition coefficient (Wildman–Crippen LogP) is 2.01. The molecule has 8 heteroatoms. The van der Waals surface area contributed by atoms with Crippen molar-refractivity contribution >= 4 is 27.0 Å². The molecule has 1 aromatic heterocycles. The highest BCUT2D eigenvalue weighted by Gasteiger charge is 2.25. The van der Waals surface area contributed by atoms with Gasteiger partial charge in [-0.3, -0.25) is 0 Å². The fourth-order valence-corrected chi connectivity index (χ4v) is 4.63. The molecule has 1 N–H and O–H groups in total. The van der Waals surface area contributed by atoms with Crippen molar-refractivity contribution < 1.29 is 12.8 Å². The number of rotatable bonds is 5. The van der Waals surface area contributed by atoms with Gasteiger partial charge in [0.05, 0.1) is 11.3 Å². The number of anilines is 1. The van der Waals surface area contributed by atoms with Crippen LogP contribution < -0.4 is 9.62 Å². The van der Waals surface area contributed by atoms with E-state index in [4.69, 9.17) is 0 Å². The van der Waals surface area contributed by atoms with Gasteiger partial charge < -0.3 is 9.47 Å². The number of halogens is 1. The normalized spacial score (nSPS) is 16.9. The van der Waals surface area contributed by atoms with Gasteiger partial charge in [0.2, 0.25) is 16.0 Å². The van der Waals surface area contributed by atoms with Crippen LogP contribution in [0.5, 0.6) is 0 Å². The SMILES string of the molecule is CCCS(=O)(=O)NC1CCN(c2nc3c(F)cccc3n2C)CC1. The zero-order valence-corrected chi connectivity index (χ0v) is 14.8. The number of hydrogen-bond donors (Lipinski definition) is 1. The largest absolute Gasteiger partial charge is 0.342 e. The van der Waals surface area contributed by atoms with Gasteiger partial charge in [0.25, 0.3) is 0 Å². The molecule has 1 aliphatic rings. The number of piperidine rings is 1. The van der Waals surface area contributed by atoms with Crippen molar-refractivity contribution in [1.82, 2.24) is 14.3 Å². The standard InChI is InChI=1S/C16H23FN4O2S/c1-3-11-24(22,23)19-12-7-9-21(10-8-12)16-18-15-13(17)5-4-6-14(15)20(16)2/h4-6,12,19H,3,7-11H2,1-2H3. The highest BCUT2D eigenvalue weighted by molar-refractivity contribution is 7.89. The van der Waals surface area contributed by atoms with Crippen LogP contribution in [0.4, 0.5) is 10.3 Å². The minimum atomic E-state index is -3.19. The summed E-state index contributed by atoms with van der Waals surface area (Å²) in [5.74, 6) is 0.568. The number of nitrogens with zero attached hydrogens (tertiary/aromatic N) is 3. The van der Waals surface area contributed by atoms with E-state index in [2.05, 4.69) is 14.6 Å². The first-order valence-electron chi connectivity index (χ1n) is 8.27. The maximum Gasteiger partial charge on any atom is 0.211 e. The van der Waals surface area contributed by atoms with E-state index < -0.39 is 10.0 Å². The van der Waals surface area contributed by atoms with E-state index in [0.29, 0.717) is 37.9 Å². The molecule has 2 heterocycles. The molecule has 6 nitrogen and oxygen atoms in total. The summed E-state index contributed by atoms with van der Waals surface area (Å²) < 4.78 is 42.3. The van der Waals surface area contributed by atoms with Crippen molar-refractivity contribution in [2.45, 2.75) is 32.2 Å². The summed E-state index contributed by atoms with van der Waals surface area (Å²) in [5.41, 5.74) is 1.14. The molecule has 0 bridgehead atoms. The zero-order valence-electron chi connectivity index (χ0n) is 14.0. The van der Waals surface area contributed by atoms with Gasteiger partial charge in [0.15, 0.2) is 5.82 Å².